The van der Waals surface area contributed by atoms with Crippen molar-refractivity contribution >= 4 is 35.2 Å². The zero-order valence-corrected chi connectivity index (χ0v) is 14.1. The van der Waals surface area contributed by atoms with E-state index >= 15 is 0 Å². The van der Waals surface area contributed by atoms with Gasteiger partial charge >= 0.3 is 5.97 Å². The number of rotatable bonds is 6. The second-order valence-corrected chi connectivity index (χ2v) is 5.51. The topological polar surface area (TPSA) is 35.5 Å². The van der Waals surface area contributed by atoms with Crippen molar-refractivity contribution in [1.29, 1.82) is 0 Å². The Morgan fingerprint density at radius 1 is 1.09 bits per heavy atom. The highest BCUT2D eigenvalue weighted by molar-refractivity contribution is 6.42. The number of carbonyl (C=O) groups is 1. The van der Waals surface area contributed by atoms with E-state index in [2.05, 4.69) is 0 Å². The first-order valence-electron chi connectivity index (χ1n) is 7.10. The Kier molecular flexibility index (Phi) is 6.51. The molecule has 0 saturated heterocycles. The summed E-state index contributed by atoms with van der Waals surface area (Å²) in [6.07, 6.45) is 3.09. The second kappa shape index (κ2) is 8.61. The normalized spacial score (nSPS) is 10.7. The summed E-state index contributed by atoms with van der Waals surface area (Å²) in [5.41, 5.74) is 1.82. The molecule has 5 heteroatoms. The molecule has 0 aromatic heterocycles. The van der Waals surface area contributed by atoms with Gasteiger partial charge in [-0.25, -0.2) is 4.79 Å². The molecule has 0 atom stereocenters. The van der Waals surface area contributed by atoms with Crippen LogP contribution in [0.5, 0.6) is 5.75 Å². The number of ether oxygens (including phenoxy) is 2. The minimum absolute atomic E-state index is 0.354. The molecule has 2 rings (SSSR count). The van der Waals surface area contributed by atoms with E-state index in [0.717, 1.165) is 16.9 Å². The van der Waals surface area contributed by atoms with Crippen LogP contribution in [-0.2, 0) is 16.1 Å². The lowest BCUT2D eigenvalue weighted by atomic mass is 10.2. The number of hydrogen-bond acceptors (Lipinski definition) is 3. The van der Waals surface area contributed by atoms with Crippen LogP contribution in [-0.4, -0.2) is 12.6 Å². The first-order chi connectivity index (χ1) is 11.1. The van der Waals surface area contributed by atoms with Crippen LogP contribution in [0.15, 0.2) is 48.5 Å². The lowest BCUT2D eigenvalue weighted by Gasteiger charge is -2.07. The van der Waals surface area contributed by atoms with E-state index in [1.807, 2.05) is 30.3 Å². The molecule has 0 radical (unpaired) electrons. The van der Waals surface area contributed by atoms with Crippen LogP contribution in [0.2, 0.25) is 10.0 Å². The van der Waals surface area contributed by atoms with Gasteiger partial charge in [0.1, 0.15) is 12.4 Å². The van der Waals surface area contributed by atoms with Gasteiger partial charge in [0.15, 0.2) is 0 Å². The molecule has 3 nitrogen and oxygen atoms in total. The van der Waals surface area contributed by atoms with E-state index in [1.54, 1.807) is 25.1 Å². The zero-order chi connectivity index (χ0) is 16.7. The maximum absolute atomic E-state index is 11.2. The highest BCUT2D eigenvalue weighted by Gasteiger charge is 2.01. The molecule has 0 aliphatic heterocycles. The van der Waals surface area contributed by atoms with Gasteiger partial charge in [0.25, 0.3) is 0 Å². The van der Waals surface area contributed by atoms with Crippen molar-refractivity contribution in [3.63, 3.8) is 0 Å². The Labute approximate surface area is 145 Å². The fourth-order valence-corrected chi connectivity index (χ4v) is 2.15. The van der Waals surface area contributed by atoms with Crippen molar-refractivity contribution in [1.82, 2.24) is 0 Å². The summed E-state index contributed by atoms with van der Waals surface area (Å²) in [5.74, 6) is 0.372. The second-order valence-electron chi connectivity index (χ2n) is 4.69. The molecule has 23 heavy (non-hydrogen) atoms. The maximum Gasteiger partial charge on any atom is 0.330 e. The van der Waals surface area contributed by atoms with Crippen molar-refractivity contribution < 1.29 is 14.3 Å². The smallest absolute Gasteiger partial charge is 0.330 e. The highest BCUT2D eigenvalue weighted by atomic mass is 35.5. The lowest BCUT2D eigenvalue weighted by molar-refractivity contribution is -0.137. The van der Waals surface area contributed by atoms with E-state index in [0.29, 0.717) is 23.3 Å². The summed E-state index contributed by atoms with van der Waals surface area (Å²) in [5, 5.41) is 1.03. The monoisotopic (exact) mass is 350 g/mol. The molecule has 0 unspecified atom stereocenters. The Morgan fingerprint density at radius 2 is 1.83 bits per heavy atom. The van der Waals surface area contributed by atoms with E-state index < -0.39 is 0 Å². The third kappa shape index (κ3) is 5.62. The average molecular weight is 351 g/mol. The predicted molar refractivity (Wildman–Crippen MR) is 92.9 cm³/mol. The molecule has 0 amide bonds. The zero-order valence-electron chi connectivity index (χ0n) is 12.6. The number of carbonyl (C=O) groups excluding carboxylic acids is 1. The van der Waals surface area contributed by atoms with E-state index in [1.165, 1.54) is 6.08 Å². The summed E-state index contributed by atoms with van der Waals surface area (Å²) in [6.45, 7) is 2.53. The van der Waals surface area contributed by atoms with Gasteiger partial charge in [0.2, 0.25) is 0 Å². The van der Waals surface area contributed by atoms with Crippen molar-refractivity contribution in [3.8, 4) is 5.75 Å². The number of benzene rings is 2. The molecule has 0 aliphatic carbocycles. The Balaban J connectivity index is 1.92. The molecule has 120 valence electrons. The van der Waals surface area contributed by atoms with Gasteiger partial charge in [-0.05, 0) is 48.4 Å². The Morgan fingerprint density at radius 3 is 2.48 bits per heavy atom. The van der Waals surface area contributed by atoms with E-state index in [-0.39, 0.29) is 5.97 Å². The third-order valence-corrected chi connectivity index (χ3v) is 3.71. The standard InChI is InChI=1S/C18H16Cl2O3/c1-2-22-18(21)10-6-13-3-7-15(8-4-13)23-12-14-5-9-16(19)17(20)11-14/h3-11H,2,12H2,1H3. The van der Waals surface area contributed by atoms with Crippen LogP contribution in [0, 0.1) is 0 Å². The van der Waals surface area contributed by atoms with Crippen LogP contribution >= 0.6 is 23.2 Å². The molecule has 0 aliphatic rings. The van der Waals surface area contributed by atoms with Crippen LogP contribution in [0.3, 0.4) is 0 Å². The summed E-state index contributed by atoms with van der Waals surface area (Å²) >= 11 is 11.8. The van der Waals surface area contributed by atoms with E-state index in [4.69, 9.17) is 32.7 Å². The van der Waals surface area contributed by atoms with Gasteiger partial charge in [0.05, 0.1) is 16.7 Å². The molecule has 0 heterocycles. The third-order valence-electron chi connectivity index (χ3n) is 2.97. The van der Waals surface area contributed by atoms with Crippen molar-refractivity contribution in [2.24, 2.45) is 0 Å². The highest BCUT2D eigenvalue weighted by Crippen LogP contribution is 2.23. The molecule has 0 N–H and O–H groups in total. The Hall–Kier alpha value is -1.97. The summed E-state index contributed by atoms with van der Waals surface area (Å²) in [7, 11) is 0. The quantitative estimate of drug-likeness (QED) is 0.533. The average Bonchev–Trinajstić information content (AvgIpc) is 2.55. The lowest BCUT2D eigenvalue weighted by Crippen LogP contribution is -1.98. The molecule has 2 aromatic carbocycles. The van der Waals surface area contributed by atoms with Crippen LogP contribution in [0.1, 0.15) is 18.1 Å². The van der Waals surface area contributed by atoms with Crippen LogP contribution < -0.4 is 4.74 Å². The minimum atomic E-state index is -0.354. The number of hydrogen-bond donors (Lipinski definition) is 0. The summed E-state index contributed by atoms with van der Waals surface area (Å²) < 4.78 is 10.5. The fourth-order valence-electron chi connectivity index (χ4n) is 1.83. The van der Waals surface area contributed by atoms with Gasteiger partial charge in [-0.1, -0.05) is 41.4 Å². The van der Waals surface area contributed by atoms with Gasteiger partial charge in [-0.2, -0.15) is 0 Å². The predicted octanol–water partition coefficient (Wildman–Crippen LogP) is 5.15. The molecule has 2 aromatic rings. The van der Waals surface area contributed by atoms with E-state index in [9.17, 15) is 4.79 Å². The van der Waals surface area contributed by atoms with Crippen LogP contribution in [0.4, 0.5) is 0 Å². The number of esters is 1. The van der Waals surface area contributed by atoms with Crippen molar-refractivity contribution in [3.05, 3.63) is 69.7 Å². The first kappa shape index (κ1) is 17.4. The van der Waals surface area contributed by atoms with Gasteiger partial charge in [-0.15, -0.1) is 0 Å². The van der Waals surface area contributed by atoms with Gasteiger partial charge < -0.3 is 9.47 Å². The molecule has 0 saturated carbocycles. The molecule has 0 spiro atoms. The fraction of sp³-hybridized carbons (Fsp3) is 0.167. The molecule has 0 fully saturated rings. The summed E-state index contributed by atoms with van der Waals surface area (Å²) in [6, 6.07) is 12.8. The van der Waals surface area contributed by atoms with Crippen molar-refractivity contribution in [2.75, 3.05) is 6.61 Å². The summed E-state index contributed by atoms with van der Waals surface area (Å²) in [4.78, 5) is 11.2. The molecular weight excluding hydrogens is 335 g/mol. The number of halogens is 2. The molecular formula is C18H16Cl2O3. The molecule has 0 bridgehead atoms. The SMILES string of the molecule is CCOC(=O)C=Cc1ccc(OCc2ccc(Cl)c(Cl)c2)cc1. The minimum Gasteiger partial charge on any atom is -0.489 e. The largest absolute Gasteiger partial charge is 0.489 e. The van der Waals surface area contributed by atoms with Crippen molar-refractivity contribution in [2.45, 2.75) is 13.5 Å². The van der Waals surface area contributed by atoms with Gasteiger partial charge in [0, 0.05) is 6.08 Å². The maximum atomic E-state index is 11.2. The first-order valence-corrected chi connectivity index (χ1v) is 7.85. The Bertz CT molecular complexity index is 694. The van der Waals surface area contributed by atoms with Crippen LogP contribution in [0.25, 0.3) is 6.08 Å². The van der Waals surface area contributed by atoms with Gasteiger partial charge in [-0.3, -0.25) is 0 Å².